The average Bonchev–Trinajstić information content (AvgIpc) is 2.97. The predicted octanol–water partition coefficient (Wildman–Crippen LogP) is 3.30. The first-order valence-electron chi connectivity index (χ1n) is 6.72. The number of nitrogens with one attached hydrogen (secondary N) is 1. The van der Waals surface area contributed by atoms with Crippen LogP contribution < -0.4 is 0 Å². The van der Waals surface area contributed by atoms with Crippen molar-refractivity contribution in [2.45, 2.75) is 12.6 Å². The number of nitrogens with zero attached hydrogens (tertiary/aromatic N) is 2. The summed E-state index contributed by atoms with van der Waals surface area (Å²) >= 11 is 0. The van der Waals surface area contributed by atoms with Crippen molar-refractivity contribution in [3.8, 4) is 17.0 Å². The number of aromatic hydroxyl groups is 1. The van der Waals surface area contributed by atoms with Crippen molar-refractivity contribution < 1.29 is 28.2 Å². The van der Waals surface area contributed by atoms with Gasteiger partial charge >= 0.3 is 5.97 Å². The number of phenolic OH excluding ortho intramolecular Hbond substituents is 1. The summed E-state index contributed by atoms with van der Waals surface area (Å²) in [6.45, 7) is 0. The summed E-state index contributed by atoms with van der Waals surface area (Å²) in [6.07, 6.45) is -6.06. The minimum atomic E-state index is -3.34. The Morgan fingerprint density at radius 2 is 1.83 bits per heavy atom. The standard InChI is InChI=1S/C15H10F3N3O3/c16-11(13(17)18)12-10-8(15(23)24)5-9(19-14(10)21-20-12)6-1-3-7(22)4-2-6/h1-5,11,13,22H,(H,23,24)(H,19,20,21). The quantitative estimate of drug-likeness (QED) is 0.678. The summed E-state index contributed by atoms with van der Waals surface area (Å²) < 4.78 is 38.9. The van der Waals surface area contributed by atoms with Gasteiger partial charge in [-0.3, -0.25) is 5.10 Å². The van der Waals surface area contributed by atoms with Gasteiger partial charge in [0.2, 0.25) is 6.17 Å². The third kappa shape index (κ3) is 2.64. The van der Waals surface area contributed by atoms with Gasteiger partial charge in [-0.2, -0.15) is 5.10 Å². The van der Waals surface area contributed by atoms with Gasteiger partial charge in [0.15, 0.2) is 5.65 Å². The second-order valence-corrected chi connectivity index (χ2v) is 4.98. The third-order valence-electron chi connectivity index (χ3n) is 3.43. The van der Waals surface area contributed by atoms with Gasteiger partial charge in [0.1, 0.15) is 11.4 Å². The Hall–Kier alpha value is -3.10. The molecule has 9 heteroatoms. The summed E-state index contributed by atoms with van der Waals surface area (Å²) in [5.74, 6) is -1.41. The third-order valence-corrected chi connectivity index (χ3v) is 3.43. The van der Waals surface area contributed by atoms with Crippen molar-refractivity contribution in [3.05, 3.63) is 41.6 Å². The Kier molecular flexibility index (Phi) is 3.84. The van der Waals surface area contributed by atoms with Crippen LogP contribution in [0.2, 0.25) is 0 Å². The van der Waals surface area contributed by atoms with Crippen LogP contribution in [0.1, 0.15) is 22.2 Å². The summed E-state index contributed by atoms with van der Waals surface area (Å²) in [5.41, 5.74) is -0.505. The van der Waals surface area contributed by atoms with Crippen molar-refractivity contribution in [2.24, 2.45) is 0 Å². The molecule has 1 aromatic carbocycles. The maximum atomic E-state index is 13.7. The normalized spacial score (nSPS) is 12.7. The van der Waals surface area contributed by atoms with Gasteiger partial charge in [-0.15, -0.1) is 0 Å². The number of phenols is 1. The lowest BCUT2D eigenvalue weighted by molar-refractivity contribution is 0.0478. The van der Waals surface area contributed by atoms with E-state index in [1.54, 1.807) is 0 Å². The van der Waals surface area contributed by atoms with Crippen LogP contribution in [0, 0.1) is 0 Å². The number of carbonyl (C=O) groups is 1. The fraction of sp³-hybridized carbons (Fsp3) is 0.133. The van der Waals surface area contributed by atoms with Crippen molar-refractivity contribution >= 4 is 17.0 Å². The molecule has 0 aliphatic carbocycles. The number of benzene rings is 1. The molecule has 0 saturated carbocycles. The SMILES string of the molecule is O=C(O)c1cc(-c2ccc(O)cc2)nc2[nH]nc(C(F)C(F)F)c12. The van der Waals surface area contributed by atoms with Gasteiger partial charge in [-0.05, 0) is 30.3 Å². The van der Waals surface area contributed by atoms with Crippen LogP contribution in [0.25, 0.3) is 22.3 Å². The number of fused-ring (bicyclic) bond motifs is 1. The fourth-order valence-corrected chi connectivity index (χ4v) is 2.32. The maximum absolute atomic E-state index is 13.7. The molecule has 0 saturated heterocycles. The average molecular weight is 337 g/mol. The second-order valence-electron chi connectivity index (χ2n) is 4.98. The molecular formula is C15H10F3N3O3. The van der Waals surface area contributed by atoms with Gasteiger partial charge in [0.25, 0.3) is 6.43 Å². The van der Waals surface area contributed by atoms with Crippen molar-refractivity contribution in [2.75, 3.05) is 0 Å². The molecule has 0 bridgehead atoms. The monoisotopic (exact) mass is 337 g/mol. The van der Waals surface area contributed by atoms with Crippen molar-refractivity contribution in [3.63, 3.8) is 0 Å². The summed E-state index contributed by atoms with van der Waals surface area (Å²) in [5, 5.41) is 24.1. The van der Waals surface area contributed by atoms with E-state index in [2.05, 4.69) is 15.2 Å². The molecule has 1 atom stereocenters. The molecule has 0 amide bonds. The smallest absolute Gasteiger partial charge is 0.336 e. The number of hydrogen-bond donors (Lipinski definition) is 3. The predicted molar refractivity (Wildman–Crippen MR) is 77.8 cm³/mol. The van der Waals surface area contributed by atoms with E-state index in [-0.39, 0.29) is 22.5 Å². The summed E-state index contributed by atoms with van der Waals surface area (Å²) in [7, 11) is 0. The minimum absolute atomic E-state index is 0.0133. The molecule has 0 fully saturated rings. The fourth-order valence-electron chi connectivity index (χ4n) is 2.32. The van der Waals surface area contributed by atoms with Gasteiger partial charge in [-0.1, -0.05) is 0 Å². The molecule has 3 rings (SSSR count). The largest absolute Gasteiger partial charge is 0.508 e. The lowest BCUT2D eigenvalue weighted by Gasteiger charge is -2.07. The Balaban J connectivity index is 2.23. The van der Waals surface area contributed by atoms with Crippen molar-refractivity contribution in [1.82, 2.24) is 15.2 Å². The number of alkyl halides is 3. The molecule has 124 valence electrons. The lowest BCUT2D eigenvalue weighted by atomic mass is 10.0. The number of carboxylic acid groups (broad SMARTS) is 1. The number of pyridine rings is 1. The molecule has 0 aliphatic rings. The van der Waals surface area contributed by atoms with E-state index in [4.69, 9.17) is 0 Å². The van der Waals surface area contributed by atoms with Crippen LogP contribution in [-0.4, -0.2) is 37.8 Å². The molecule has 0 aliphatic heterocycles. The topological polar surface area (TPSA) is 99.1 Å². The first-order chi connectivity index (χ1) is 11.4. The molecule has 0 radical (unpaired) electrons. The Labute approximate surface area is 132 Å². The number of aromatic nitrogens is 3. The second kappa shape index (κ2) is 5.84. The first kappa shape index (κ1) is 15.8. The van der Waals surface area contributed by atoms with E-state index in [0.717, 1.165) is 6.07 Å². The summed E-state index contributed by atoms with van der Waals surface area (Å²) in [4.78, 5) is 15.6. The van der Waals surface area contributed by atoms with E-state index < -0.39 is 29.8 Å². The number of hydrogen-bond acceptors (Lipinski definition) is 4. The van der Waals surface area contributed by atoms with Crippen LogP contribution in [0.4, 0.5) is 13.2 Å². The molecule has 3 N–H and O–H groups in total. The highest BCUT2D eigenvalue weighted by Crippen LogP contribution is 2.33. The van der Waals surface area contributed by atoms with Crippen LogP contribution in [0.3, 0.4) is 0 Å². The molecule has 3 aromatic rings. The van der Waals surface area contributed by atoms with Gasteiger partial charge in [0.05, 0.1) is 16.6 Å². The zero-order valence-electron chi connectivity index (χ0n) is 11.9. The number of rotatable bonds is 4. The number of aromatic amines is 1. The number of carboxylic acids is 1. The zero-order valence-corrected chi connectivity index (χ0v) is 11.9. The highest BCUT2D eigenvalue weighted by atomic mass is 19.3. The van der Waals surface area contributed by atoms with E-state index in [9.17, 15) is 28.2 Å². The number of H-pyrrole nitrogens is 1. The van der Waals surface area contributed by atoms with E-state index >= 15 is 0 Å². The van der Waals surface area contributed by atoms with Crippen LogP contribution in [0.15, 0.2) is 30.3 Å². The van der Waals surface area contributed by atoms with Crippen molar-refractivity contribution in [1.29, 1.82) is 0 Å². The maximum Gasteiger partial charge on any atom is 0.336 e. The highest BCUT2D eigenvalue weighted by molar-refractivity contribution is 6.04. The molecule has 1 unspecified atom stereocenters. The Morgan fingerprint density at radius 1 is 1.17 bits per heavy atom. The van der Waals surface area contributed by atoms with Crippen LogP contribution in [-0.2, 0) is 0 Å². The zero-order chi connectivity index (χ0) is 17.4. The Bertz CT molecular complexity index is 909. The molecule has 6 nitrogen and oxygen atoms in total. The Morgan fingerprint density at radius 3 is 2.42 bits per heavy atom. The van der Waals surface area contributed by atoms with Gasteiger partial charge in [-0.25, -0.2) is 22.9 Å². The molecule has 24 heavy (non-hydrogen) atoms. The van der Waals surface area contributed by atoms with Crippen LogP contribution in [0.5, 0.6) is 5.75 Å². The van der Waals surface area contributed by atoms with Gasteiger partial charge < -0.3 is 10.2 Å². The highest BCUT2D eigenvalue weighted by Gasteiger charge is 2.29. The van der Waals surface area contributed by atoms with E-state index in [0.29, 0.717) is 5.56 Å². The van der Waals surface area contributed by atoms with E-state index in [1.165, 1.54) is 24.3 Å². The minimum Gasteiger partial charge on any atom is -0.508 e. The molecule has 2 heterocycles. The summed E-state index contributed by atoms with van der Waals surface area (Å²) in [6, 6.07) is 6.92. The number of aromatic carboxylic acids is 1. The lowest BCUT2D eigenvalue weighted by Crippen LogP contribution is -2.07. The van der Waals surface area contributed by atoms with E-state index in [1.807, 2.05) is 0 Å². The first-order valence-corrected chi connectivity index (χ1v) is 6.72. The van der Waals surface area contributed by atoms with Crippen LogP contribution >= 0.6 is 0 Å². The molecular weight excluding hydrogens is 327 g/mol. The molecule has 0 spiro atoms. The van der Waals surface area contributed by atoms with Gasteiger partial charge in [0, 0.05) is 5.56 Å². The number of halogens is 3. The molecule has 2 aromatic heterocycles.